The molecule has 2 rings (SSSR count). The zero-order valence-corrected chi connectivity index (χ0v) is 11.8. The van der Waals surface area contributed by atoms with Gasteiger partial charge in [0.15, 0.2) is 0 Å². The van der Waals surface area contributed by atoms with Gasteiger partial charge in [-0.15, -0.1) is 0 Å². The molecular formula is C16H26N2. The summed E-state index contributed by atoms with van der Waals surface area (Å²) in [5.74, 6) is 0. The van der Waals surface area contributed by atoms with Crippen LogP contribution in [0.25, 0.3) is 0 Å². The molecule has 0 bridgehead atoms. The zero-order chi connectivity index (χ0) is 12.8. The van der Waals surface area contributed by atoms with Crippen LogP contribution < -0.4 is 5.32 Å². The molecule has 1 aromatic rings. The molecule has 1 N–H and O–H groups in total. The second kappa shape index (κ2) is 6.91. The molecule has 100 valence electrons. The van der Waals surface area contributed by atoms with E-state index >= 15 is 0 Å². The van der Waals surface area contributed by atoms with Gasteiger partial charge in [-0.1, -0.05) is 31.2 Å². The summed E-state index contributed by atoms with van der Waals surface area (Å²) < 4.78 is 0. The van der Waals surface area contributed by atoms with Crippen molar-refractivity contribution in [2.24, 2.45) is 0 Å². The fourth-order valence-corrected chi connectivity index (χ4v) is 3.00. The van der Waals surface area contributed by atoms with Crippen LogP contribution in [0.1, 0.15) is 37.3 Å². The summed E-state index contributed by atoms with van der Waals surface area (Å²) in [6.07, 6.45) is 5.18. The Morgan fingerprint density at radius 1 is 1.28 bits per heavy atom. The first kappa shape index (κ1) is 13.6. The van der Waals surface area contributed by atoms with E-state index in [1.165, 1.54) is 36.9 Å². The largest absolute Gasteiger partial charge is 0.319 e. The fourth-order valence-electron chi connectivity index (χ4n) is 3.00. The third-order valence-corrected chi connectivity index (χ3v) is 4.11. The van der Waals surface area contributed by atoms with Crippen LogP contribution in [0.5, 0.6) is 0 Å². The lowest BCUT2D eigenvalue weighted by Gasteiger charge is -2.24. The maximum atomic E-state index is 3.24. The van der Waals surface area contributed by atoms with Gasteiger partial charge in [0.25, 0.3) is 0 Å². The lowest BCUT2D eigenvalue weighted by Crippen LogP contribution is -2.28. The van der Waals surface area contributed by atoms with E-state index in [-0.39, 0.29) is 0 Å². The van der Waals surface area contributed by atoms with E-state index in [1.54, 1.807) is 0 Å². The van der Waals surface area contributed by atoms with Crippen LogP contribution in [0.4, 0.5) is 0 Å². The average Bonchev–Trinajstić information content (AvgIpc) is 2.85. The summed E-state index contributed by atoms with van der Waals surface area (Å²) in [7, 11) is 2.02. The second-order valence-corrected chi connectivity index (χ2v) is 5.30. The Balaban J connectivity index is 2.03. The highest BCUT2D eigenvalue weighted by atomic mass is 15.2. The first-order chi connectivity index (χ1) is 8.85. The molecule has 1 aliphatic rings. The summed E-state index contributed by atoms with van der Waals surface area (Å²) in [4.78, 5) is 2.66. The molecule has 0 saturated carbocycles. The van der Waals surface area contributed by atoms with Crippen LogP contribution in [-0.4, -0.2) is 31.1 Å². The summed E-state index contributed by atoms with van der Waals surface area (Å²) >= 11 is 0. The molecule has 1 aliphatic heterocycles. The molecular weight excluding hydrogens is 220 g/mol. The van der Waals surface area contributed by atoms with Gasteiger partial charge in [0.05, 0.1) is 0 Å². The molecule has 0 radical (unpaired) electrons. The van der Waals surface area contributed by atoms with E-state index in [1.807, 2.05) is 7.05 Å². The molecule has 1 fully saturated rings. The maximum absolute atomic E-state index is 3.24. The third kappa shape index (κ3) is 3.33. The van der Waals surface area contributed by atoms with Crippen molar-refractivity contribution in [3.8, 4) is 0 Å². The van der Waals surface area contributed by atoms with Crippen molar-refractivity contribution >= 4 is 0 Å². The second-order valence-electron chi connectivity index (χ2n) is 5.30. The smallest absolute Gasteiger partial charge is 0.0239 e. The molecule has 1 atom stereocenters. The number of benzene rings is 1. The molecule has 0 amide bonds. The summed E-state index contributed by atoms with van der Waals surface area (Å²) in [6.45, 7) is 5.79. The Hall–Kier alpha value is -0.860. The predicted octanol–water partition coefficient (Wildman–Crippen LogP) is 2.82. The normalized spacial score (nSPS) is 20.4. The van der Waals surface area contributed by atoms with Crippen LogP contribution in [-0.2, 0) is 13.0 Å². The number of hydrogen-bond acceptors (Lipinski definition) is 2. The van der Waals surface area contributed by atoms with Crippen molar-refractivity contribution in [1.82, 2.24) is 10.2 Å². The van der Waals surface area contributed by atoms with Crippen molar-refractivity contribution in [3.63, 3.8) is 0 Å². The van der Waals surface area contributed by atoms with Gasteiger partial charge in [-0.2, -0.15) is 0 Å². The van der Waals surface area contributed by atoms with Crippen LogP contribution in [0.15, 0.2) is 24.3 Å². The highest BCUT2D eigenvalue weighted by Gasteiger charge is 2.23. The summed E-state index contributed by atoms with van der Waals surface area (Å²) in [5.41, 5.74) is 3.03. The molecule has 0 aliphatic carbocycles. The zero-order valence-electron chi connectivity index (χ0n) is 11.8. The molecule has 0 aromatic heterocycles. The Kier molecular flexibility index (Phi) is 5.21. The van der Waals surface area contributed by atoms with E-state index < -0.39 is 0 Å². The van der Waals surface area contributed by atoms with Crippen LogP contribution >= 0.6 is 0 Å². The minimum atomic E-state index is 0.808. The molecule has 2 nitrogen and oxygen atoms in total. The van der Waals surface area contributed by atoms with E-state index in [4.69, 9.17) is 0 Å². The number of hydrogen-bond donors (Lipinski definition) is 1. The first-order valence-corrected chi connectivity index (χ1v) is 7.30. The molecule has 18 heavy (non-hydrogen) atoms. The third-order valence-electron chi connectivity index (χ3n) is 4.11. The summed E-state index contributed by atoms with van der Waals surface area (Å²) in [5, 5.41) is 3.24. The molecule has 1 aromatic carbocycles. The monoisotopic (exact) mass is 246 g/mol. The van der Waals surface area contributed by atoms with Gasteiger partial charge in [-0.25, -0.2) is 0 Å². The Morgan fingerprint density at radius 3 is 2.78 bits per heavy atom. The average molecular weight is 246 g/mol. The number of likely N-dealkylation sites (tertiary alicyclic amines) is 1. The Bertz CT molecular complexity index is 362. The van der Waals surface area contributed by atoms with Crippen molar-refractivity contribution in [1.29, 1.82) is 0 Å². The van der Waals surface area contributed by atoms with Crippen molar-refractivity contribution in [3.05, 3.63) is 35.4 Å². The lowest BCUT2D eigenvalue weighted by atomic mass is 10.0. The van der Waals surface area contributed by atoms with Gasteiger partial charge < -0.3 is 5.32 Å². The number of rotatable bonds is 6. The first-order valence-electron chi connectivity index (χ1n) is 7.30. The number of nitrogens with one attached hydrogen (secondary N) is 1. The minimum Gasteiger partial charge on any atom is -0.319 e. The lowest BCUT2D eigenvalue weighted by molar-refractivity contribution is 0.239. The van der Waals surface area contributed by atoms with Crippen molar-refractivity contribution < 1.29 is 0 Å². The van der Waals surface area contributed by atoms with Crippen LogP contribution in [0, 0.1) is 0 Å². The van der Waals surface area contributed by atoms with Crippen LogP contribution in [0.2, 0.25) is 0 Å². The fraction of sp³-hybridized carbons (Fsp3) is 0.625. The quantitative estimate of drug-likeness (QED) is 0.830. The SMILES string of the molecule is CCC1CCCN1Cc1ccccc1CCNC. The van der Waals surface area contributed by atoms with E-state index in [2.05, 4.69) is 41.4 Å². The molecule has 1 saturated heterocycles. The number of nitrogens with zero attached hydrogens (tertiary/aromatic N) is 1. The predicted molar refractivity (Wildman–Crippen MR) is 77.8 cm³/mol. The Labute approximate surface area is 111 Å². The van der Waals surface area contributed by atoms with E-state index in [9.17, 15) is 0 Å². The van der Waals surface area contributed by atoms with Gasteiger partial charge in [-0.3, -0.25) is 4.90 Å². The standard InChI is InChI=1S/C16H26N2/c1-3-16-9-6-12-18(16)13-15-8-5-4-7-14(15)10-11-17-2/h4-5,7-8,16-17H,3,6,9-13H2,1-2H3. The van der Waals surface area contributed by atoms with Gasteiger partial charge in [0, 0.05) is 12.6 Å². The molecule has 2 heteroatoms. The minimum absolute atomic E-state index is 0.808. The maximum Gasteiger partial charge on any atom is 0.0239 e. The number of likely N-dealkylation sites (N-methyl/N-ethyl adjacent to an activating group) is 1. The van der Waals surface area contributed by atoms with Gasteiger partial charge in [-0.05, 0) is 56.9 Å². The van der Waals surface area contributed by atoms with Crippen LogP contribution in [0.3, 0.4) is 0 Å². The highest BCUT2D eigenvalue weighted by molar-refractivity contribution is 5.27. The van der Waals surface area contributed by atoms with Gasteiger partial charge >= 0.3 is 0 Å². The van der Waals surface area contributed by atoms with Crippen molar-refractivity contribution in [2.75, 3.05) is 20.1 Å². The van der Waals surface area contributed by atoms with Gasteiger partial charge in [0.2, 0.25) is 0 Å². The Morgan fingerprint density at radius 2 is 2.06 bits per heavy atom. The molecule has 1 heterocycles. The summed E-state index contributed by atoms with van der Waals surface area (Å²) in [6, 6.07) is 9.73. The highest BCUT2D eigenvalue weighted by Crippen LogP contribution is 2.23. The topological polar surface area (TPSA) is 15.3 Å². The molecule has 1 unspecified atom stereocenters. The van der Waals surface area contributed by atoms with E-state index in [0.29, 0.717) is 0 Å². The van der Waals surface area contributed by atoms with E-state index in [0.717, 1.165) is 25.6 Å². The van der Waals surface area contributed by atoms with Gasteiger partial charge in [0.1, 0.15) is 0 Å². The molecule has 0 spiro atoms. The van der Waals surface area contributed by atoms with Crippen molar-refractivity contribution in [2.45, 2.75) is 45.2 Å².